The normalized spacial score (nSPS) is 10.2. The lowest BCUT2D eigenvalue weighted by molar-refractivity contribution is 0.305. The number of anilines is 1. The summed E-state index contributed by atoms with van der Waals surface area (Å²) in [4.78, 5) is 0. The minimum Gasteiger partial charge on any atom is -0.494 e. The molecule has 1 N–H and O–H groups in total. The number of benzene rings is 1. The summed E-state index contributed by atoms with van der Waals surface area (Å²) in [6.45, 7) is 6.24. The van der Waals surface area contributed by atoms with Crippen molar-refractivity contribution in [1.82, 2.24) is 0 Å². The minimum atomic E-state index is 0.831. The van der Waals surface area contributed by atoms with Crippen LogP contribution in [0.15, 0.2) is 24.3 Å². The highest BCUT2D eigenvalue weighted by Crippen LogP contribution is 2.17. The highest BCUT2D eigenvalue weighted by Gasteiger charge is 1.96. The van der Waals surface area contributed by atoms with Gasteiger partial charge in [-0.05, 0) is 25.0 Å². The molecular formula is C15H25NO. The molecule has 0 atom stereocenters. The van der Waals surface area contributed by atoms with Gasteiger partial charge in [0.2, 0.25) is 0 Å². The molecule has 1 aromatic carbocycles. The Labute approximate surface area is 105 Å². The molecule has 0 bridgehead atoms. The van der Waals surface area contributed by atoms with Gasteiger partial charge in [-0.25, -0.2) is 0 Å². The van der Waals surface area contributed by atoms with Crippen LogP contribution < -0.4 is 10.1 Å². The fourth-order valence-corrected chi connectivity index (χ4v) is 1.68. The zero-order valence-corrected chi connectivity index (χ0v) is 11.2. The second-order valence-corrected chi connectivity index (χ2v) is 4.36. The molecule has 2 nitrogen and oxygen atoms in total. The van der Waals surface area contributed by atoms with Gasteiger partial charge in [-0.3, -0.25) is 0 Å². The third-order valence-corrected chi connectivity index (χ3v) is 2.68. The first-order valence-electron chi connectivity index (χ1n) is 6.83. The van der Waals surface area contributed by atoms with Crippen LogP contribution in [0.2, 0.25) is 0 Å². The lowest BCUT2D eigenvalue weighted by Gasteiger charge is -2.09. The largest absolute Gasteiger partial charge is 0.494 e. The Morgan fingerprint density at radius 2 is 1.94 bits per heavy atom. The Hall–Kier alpha value is -1.18. The van der Waals surface area contributed by atoms with E-state index in [1.54, 1.807) is 0 Å². The summed E-state index contributed by atoms with van der Waals surface area (Å²) in [6, 6.07) is 8.23. The van der Waals surface area contributed by atoms with Gasteiger partial charge in [0.15, 0.2) is 0 Å². The number of unbranched alkanes of at least 4 members (excludes halogenated alkanes) is 3. The number of hydrogen-bond acceptors (Lipinski definition) is 2. The Bertz CT molecular complexity index is 299. The van der Waals surface area contributed by atoms with Gasteiger partial charge >= 0.3 is 0 Å². The van der Waals surface area contributed by atoms with E-state index in [2.05, 4.69) is 31.3 Å². The number of nitrogens with one attached hydrogen (secondary N) is 1. The van der Waals surface area contributed by atoms with Crippen LogP contribution >= 0.6 is 0 Å². The van der Waals surface area contributed by atoms with E-state index in [9.17, 15) is 0 Å². The molecule has 1 aromatic rings. The Morgan fingerprint density at radius 3 is 2.71 bits per heavy atom. The van der Waals surface area contributed by atoms with E-state index in [0.29, 0.717) is 0 Å². The third kappa shape index (κ3) is 6.20. The highest BCUT2D eigenvalue weighted by atomic mass is 16.5. The predicted octanol–water partition coefficient (Wildman–Crippen LogP) is 4.47. The zero-order valence-electron chi connectivity index (χ0n) is 11.2. The van der Waals surface area contributed by atoms with E-state index in [1.807, 2.05) is 12.1 Å². The molecule has 0 aliphatic carbocycles. The van der Waals surface area contributed by atoms with Crippen LogP contribution in [0.4, 0.5) is 5.69 Å². The van der Waals surface area contributed by atoms with Gasteiger partial charge < -0.3 is 10.1 Å². The first-order valence-corrected chi connectivity index (χ1v) is 6.83. The Kier molecular flexibility index (Phi) is 7.28. The molecule has 0 fully saturated rings. The minimum absolute atomic E-state index is 0.831. The van der Waals surface area contributed by atoms with Crippen LogP contribution in [-0.2, 0) is 0 Å². The van der Waals surface area contributed by atoms with E-state index in [4.69, 9.17) is 4.74 Å². The third-order valence-electron chi connectivity index (χ3n) is 2.68. The molecule has 17 heavy (non-hydrogen) atoms. The molecule has 0 aliphatic rings. The average Bonchev–Trinajstić information content (AvgIpc) is 2.37. The molecule has 0 heterocycles. The molecule has 0 saturated carbocycles. The molecular weight excluding hydrogens is 210 g/mol. The van der Waals surface area contributed by atoms with Crippen molar-refractivity contribution in [2.45, 2.75) is 46.0 Å². The van der Waals surface area contributed by atoms with Crippen LogP contribution in [0.1, 0.15) is 46.0 Å². The fourth-order valence-electron chi connectivity index (χ4n) is 1.68. The van der Waals surface area contributed by atoms with Gasteiger partial charge in [0.1, 0.15) is 5.75 Å². The second kappa shape index (κ2) is 8.91. The maximum Gasteiger partial charge on any atom is 0.121 e. The monoisotopic (exact) mass is 235 g/mol. The van der Waals surface area contributed by atoms with Crippen molar-refractivity contribution in [2.24, 2.45) is 0 Å². The molecule has 1 rings (SSSR count). The maximum absolute atomic E-state index is 5.73. The molecule has 0 unspecified atom stereocenters. The lowest BCUT2D eigenvalue weighted by atomic mass is 10.2. The number of hydrogen-bond donors (Lipinski definition) is 1. The van der Waals surface area contributed by atoms with Gasteiger partial charge in [-0.1, -0.05) is 39.2 Å². The lowest BCUT2D eigenvalue weighted by Crippen LogP contribution is -2.01. The van der Waals surface area contributed by atoms with E-state index in [1.165, 1.54) is 19.3 Å². The van der Waals surface area contributed by atoms with E-state index in [-0.39, 0.29) is 0 Å². The van der Waals surface area contributed by atoms with Crippen LogP contribution in [0.3, 0.4) is 0 Å². The van der Waals surface area contributed by atoms with Crippen LogP contribution in [0.25, 0.3) is 0 Å². The molecule has 0 saturated heterocycles. The van der Waals surface area contributed by atoms with E-state index in [0.717, 1.165) is 37.4 Å². The Balaban J connectivity index is 2.27. The van der Waals surface area contributed by atoms with Crippen molar-refractivity contribution in [2.75, 3.05) is 18.5 Å². The number of rotatable bonds is 9. The summed E-state index contributed by atoms with van der Waals surface area (Å²) < 4.78 is 5.73. The molecule has 96 valence electrons. The molecule has 0 spiro atoms. The molecule has 0 amide bonds. The summed E-state index contributed by atoms with van der Waals surface area (Å²) in [7, 11) is 0. The van der Waals surface area contributed by atoms with Crippen molar-refractivity contribution in [3.05, 3.63) is 24.3 Å². The summed E-state index contributed by atoms with van der Waals surface area (Å²) in [5.74, 6) is 0.975. The molecule has 0 aromatic heterocycles. The van der Waals surface area contributed by atoms with Gasteiger partial charge in [0, 0.05) is 18.3 Å². The first-order chi connectivity index (χ1) is 8.36. The van der Waals surface area contributed by atoms with Crippen molar-refractivity contribution < 1.29 is 4.74 Å². The maximum atomic E-state index is 5.73. The summed E-state index contributed by atoms with van der Waals surface area (Å²) in [5.41, 5.74) is 1.15. The smallest absolute Gasteiger partial charge is 0.121 e. The SMILES string of the molecule is CCCCCCOc1cccc(NCCC)c1. The van der Waals surface area contributed by atoms with E-state index < -0.39 is 0 Å². The van der Waals surface area contributed by atoms with Crippen molar-refractivity contribution in [1.29, 1.82) is 0 Å². The Morgan fingerprint density at radius 1 is 1.06 bits per heavy atom. The van der Waals surface area contributed by atoms with Crippen LogP contribution in [0.5, 0.6) is 5.75 Å². The highest BCUT2D eigenvalue weighted by molar-refractivity contribution is 5.48. The van der Waals surface area contributed by atoms with Crippen LogP contribution in [0, 0.1) is 0 Å². The second-order valence-electron chi connectivity index (χ2n) is 4.36. The molecule has 0 aliphatic heterocycles. The average molecular weight is 235 g/mol. The summed E-state index contributed by atoms with van der Waals surface area (Å²) >= 11 is 0. The van der Waals surface area contributed by atoms with Crippen LogP contribution in [-0.4, -0.2) is 13.2 Å². The van der Waals surface area contributed by atoms with E-state index >= 15 is 0 Å². The molecule has 2 heteroatoms. The fraction of sp³-hybridized carbons (Fsp3) is 0.600. The van der Waals surface area contributed by atoms with Crippen molar-refractivity contribution in [3.8, 4) is 5.75 Å². The van der Waals surface area contributed by atoms with Gasteiger partial charge in [-0.15, -0.1) is 0 Å². The standard InChI is InChI=1S/C15H25NO/c1-3-5-6-7-12-17-15-10-8-9-14(13-15)16-11-4-2/h8-10,13,16H,3-7,11-12H2,1-2H3. The molecule has 0 radical (unpaired) electrons. The first kappa shape index (κ1) is 13.9. The van der Waals surface area contributed by atoms with Crippen molar-refractivity contribution in [3.63, 3.8) is 0 Å². The van der Waals surface area contributed by atoms with Crippen molar-refractivity contribution >= 4 is 5.69 Å². The van der Waals surface area contributed by atoms with Gasteiger partial charge in [0.05, 0.1) is 6.61 Å². The quantitative estimate of drug-likeness (QED) is 0.638. The topological polar surface area (TPSA) is 21.3 Å². The number of ether oxygens (including phenoxy) is 1. The predicted molar refractivity (Wildman–Crippen MR) is 74.9 cm³/mol. The zero-order chi connectivity index (χ0) is 12.3. The van der Waals surface area contributed by atoms with Gasteiger partial charge in [-0.2, -0.15) is 0 Å². The summed E-state index contributed by atoms with van der Waals surface area (Å²) in [6.07, 6.45) is 6.14. The van der Waals surface area contributed by atoms with Gasteiger partial charge in [0.25, 0.3) is 0 Å². The summed E-state index contributed by atoms with van der Waals surface area (Å²) in [5, 5.41) is 3.37.